The fourth-order valence-corrected chi connectivity index (χ4v) is 4.18. The van der Waals surface area contributed by atoms with Gasteiger partial charge in [-0.15, -0.1) is 0 Å². The smallest absolute Gasteiger partial charge is 0.407 e. The average molecular weight is 469 g/mol. The van der Waals surface area contributed by atoms with E-state index in [2.05, 4.69) is 22.8 Å². The highest BCUT2D eigenvalue weighted by Gasteiger charge is 2.31. The summed E-state index contributed by atoms with van der Waals surface area (Å²) in [6.07, 6.45) is -1.44. The van der Waals surface area contributed by atoms with Crippen LogP contribution in [0.3, 0.4) is 0 Å². The van der Waals surface area contributed by atoms with E-state index in [9.17, 15) is 19.5 Å². The van der Waals surface area contributed by atoms with Crippen molar-refractivity contribution in [3.8, 4) is 11.1 Å². The molecule has 0 saturated carbocycles. The van der Waals surface area contributed by atoms with Crippen molar-refractivity contribution < 1.29 is 29.0 Å². The highest BCUT2D eigenvalue weighted by Crippen LogP contribution is 2.44. The van der Waals surface area contributed by atoms with Crippen LogP contribution in [-0.4, -0.2) is 54.0 Å². The van der Waals surface area contributed by atoms with Crippen LogP contribution in [0.4, 0.5) is 4.79 Å². The Morgan fingerprint density at radius 3 is 2.09 bits per heavy atom. The summed E-state index contributed by atoms with van der Waals surface area (Å²) in [4.78, 5) is 36.0. The molecule has 0 aliphatic heterocycles. The molecule has 3 rings (SSSR count). The van der Waals surface area contributed by atoms with Crippen LogP contribution in [0.5, 0.6) is 0 Å². The average Bonchev–Trinajstić information content (AvgIpc) is 3.08. The SMILES string of the molecule is C[C@@H](OC(C)(C)C)[C@H](NC(=O)CCNC(=O)OCC1c2ccccc2-c2ccccc21)C(=O)O. The molecule has 2 aromatic carbocycles. The molecule has 8 nitrogen and oxygen atoms in total. The lowest BCUT2D eigenvalue weighted by Gasteiger charge is -2.29. The number of fused-ring (bicyclic) bond motifs is 3. The highest BCUT2D eigenvalue weighted by atomic mass is 16.5. The quantitative estimate of drug-likeness (QED) is 0.517. The number of aliphatic carboxylic acids is 1. The monoisotopic (exact) mass is 468 g/mol. The van der Waals surface area contributed by atoms with E-state index in [1.165, 1.54) is 0 Å². The molecule has 3 N–H and O–H groups in total. The second-order valence-corrected chi connectivity index (χ2v) is 9.32. The third-order valence-electron chi connectivity index (χ3n) is 5.56. The number of carbonyl (C=O) groups excluding carboxylic acids is 2. The first-order valence-electron chi connectivity index (χ1n) is 11.4. The molecule has 2 atom stereocenters. The number of ether oxygens (including phenoxy) is 2. The van der Waals surface area contributed by atoms with E-state index in [1.807, 2.05) is 57.2 Å². The summed E-state index contributed by atoms with van der Waals surface area (Å²) in [5, 5.41) is 14.4. The zero-order valence-electron chi connectivity index (χ0n) is 20.0. The van der Waals surface area contributed by atoms with Crippen LogP contribution >= 0.6 is 0 Å². The first-order valence-corrected chi connectivity index (χ1v) is 11.4. The molecule has 0 aromatic heterocycles. The number of carboxylic acid groups (broad SMARTS) is 1. The van der Waals surface area contributed by atoms with Gasteiger partial charge in [-0.05, 0) is 49.9 Å². The third-order valence-corrected chi connectivity index (χ3v) is 5.56. The highest BCUT2D eigenvalue weighted by molar-refractivity contribution is 5.84. The van der Waals surface area contributed by atoms with E-state index in [0.717, 1.165) is 22.3 Å². The Labute approximate surface area is 199 Å². The van der Waals surface area contributed by atoms with Crippen molar-refractivity contribution in [1.29, 1.82) is 0 Å². The molecule has 2 aromatic rings. The predicted octanol–water partition coefficient (Wildman–Crippen LogP) is 3.69. The standard InChI is InChI=1S/C26H32N2O6/c1-16(34-26(2,3)4)23(24(30)31)28-22(29)13-14-27-25(32)33-15-21-19-11-7-5-9-17(19)18-10-6-8-12-20(18)21/h5-12,16,21,23H,13-15H2,1-4H3,(H,27,32)(H,28,29)(H,30,31)/t16-,23+/m1/s1. The molecule has 1 aliphatic rings. The molecule has 0 radical (unpaired) electrons. The van der Waals surface area contributed by atoms with E-state index in [-0.39, 0.29) is 25.5 Å². The summed E-state index contributed by atoms with van der Waals surface area (Å²) >= 11 is 0. The summed E-state index contributed by atoms with van der Waals surface area (Å²) in [6, 6.07) is 14.9. The van der Waals surface area contributed by atoms with Gasteiger partial charge in [-0.25, -0.2) is 9.59 Å². The molecule has 8 heteroatoms. The van der Waals surface area contributed by atoms with E-state index in [4.69, 9.17) is 9.47 Å². The Balaban J connectivity index is 1.47. The lowest BCUT2D eigenvalue weighted by molar-refractivity contribution is -0.150. The normalized spacial score (nSPS) is 14.5. The maximum atomic E-state index is 12.2. The van der Waals surface area contributed by atoms with Gasteiger partial charge in [-0.2, -0.15) is 0 Å². The van der Waals surface area contributed by atoms with Crippen LogP contribution in [0.1, 0.15) is 51.2 Å². The summed E-state index contributed by atoms with van der Waals surface area (Å²) in [6.45, 7) is 7.21. The van der Waals surface area contributed by atoms with Gasteiger partial charge in [0, 0.05) is 18.9 Å². The Morgan fingerprint density at radius 1 is 1.00 bits per heavy atom. The zero-order chi connectivity index (χ0) is 24.9. The van der Waals surface area contributed by atoms with E-state index >= 15 is 0 Å². The summed E-state index contributed by atoms with van der Waals surface area (Å²) in [5.41, 5.74) is 3.95. The molecular weight excluding hydrogens is 436 g/mol. The van der Waals surface area contributed by atoms with Crippen LogP contribution < -0.4 is 10.6 Å². The summed E-state index contributed by atoms with van der Waals surface area (Å²) in [5.74, 6) is -1.74. The molecule has 0 heterocycles. The molecule has 1 aliphatic carbocycles. The molecule has 0 unspecified atom stereocenters. The second kappa shape index (κ2) is 10.7. The van der Waals surface area contributed by atoms with Gasteiger partial charge in [0.25, 0.3) is 0 Å². The number of amides is 2. The number of hydrogen-bond acceptors (Lipinski definition) is 5. The van der Waals surface area contributed by atoms with Crippen LogP contribution in [0.25, 0.3) is 11.1 Å². The Hall–Kier alpha value is -3.39. The van der Waals surface area contributed by atoms with Crippen molar-refractivity contribution >= 4 is 18.0 Å². The minimum atomic E-state index is -1.19. The van der Waals surface area contributed by atoms with Crippen LogP contribution in [0.15, 0.2) is 48.5 Å². The Bertz CT molecular complexity index is 1000. The second-order valence-electron chi connectivity index (χ2n) is 9.32. The van der Waals surface area contributed by atoms with E-state index < -0.39 is 35.7 Å². The van der Waals surface area contributed by atoms with Crippen LogP contribution in [0, 0.1) is 0 Å². The predicted molar refractivity (Wildman–Crippen MR) is 128 cm³/mol. The van der Waals surface area contributed by atoms with E-state index in [0.29, 0.717) is 0 Å². The fourth-order valence-electron chi connectivity index (χ4n) is 4.18. The molecule has 0 saturated heterocycles. The lowest BCUT2D eigenvalue weighted by atomic mass is 9.98. The van der Waals surface area contributed by atoms with Gasteiger partial charge in [-0.1, -0.05) is 48.5 Å². The van der Waals surface area contributed by atoms with Gasteiger partial charge in [-0.3, -0.25) is 4.79 Å². The number of benzene rings is 2. The van der Waals surface area contributed by atoms with Crippen molar-refractivity contribution in [2.75, 3.05) is 13.2 Å². The van der Waals surface area contributed by atoms with Crippen molar-refractivity contribution in [3.05, 3.63) is 59.7 Å². The van der Waals surface area contributed by atoms with Crippen LogP contribution in [0.2, 0.25) is 0 Å². The van der Waals surface area contributed by atoms with Crippen molar-refractivity contribution in [3.63, 3.8) is 0 Å². The van der Waals surface area contributed by atoms with Gasteiger partial charge in [0.2, 0.25) is 5.91 Å². The largest absolute Gasteiger partial charge is 0.480 e. The first kappa shape index (κ1) is 25.2. The van der Waals surface area contributed by atoms with E-state index in [1.54, 1.807) is 6.92 Å². The van der Waals surface area contributed by atoms with Crippen molar-refractivity contribution in [2.45, 2.75) is 57.8 Å². The van der Waals surface area contributed by atoms with Gasteiger partial charge < -0.3 is 25.2 Å². The van der Waals surface area contributed by atoms with Gasteiger partial charge in [0.05, 0.1) is 11.7 Å². The summed E-state index contributed by atoms with van der Waals surface area (Å²) in [7, 11) is 0. The molecule has 0 fully saturated rings. The Morgan fingerprint density at radius 2 is 1.56 bits per heavy atom. The minimum Gasteiger partial charge on any atom is -0.480 e. The lowest BCUT2D eigenvalue weighted by Crippen LogP contribution is -2.50. The number of carboxylic acids is 1. The van der Waals surface area contributed by atoms with Gasteiger partial charge >= 0.3 is 12.1 Å². The number of alkyl carbamates (subject to hydrolysis) is 1. The van der Waals surface area contributed by atoms with Gasteiger partial charge in [0.15, 0.2) is 6.04 Å². The maximum Gasteiger partial charge on any atom is 0.407 e. The summed E-state index contributed by atoms with van der Waals surface area (Å²) < 4.78 is 11.1. The third kappa shape index (κ3) is 6.35. The number of carbonyl (C=O) groups is 3. The zero-order valence-corrected chi connectivity index (χ0v) is 20.0. The fraction of sp³-hybridized carbons (Fsp3) is 0.423. The first-order chi connectivity index (χ1) is 16.1. The Kier molecular flexibility index (Phi) is 7.94. The molecular formula is C26H32N2O6. The van der Waals surface area contributed by atoms with Crippen LogP contribution in [-0.2, 0) is 19.1 Å². The molecule has 0 spiro atoms. The number of nitrogens with one attached hydrogen (secondary N) is 2. The molecule has 2 amide bonds. The molecule has 182 valence electrons. The maximum absolute atomic E-state index is 12.2. The van der Waals surface area contributed by atoms with Crippen molar-refractivity contribution in [2.24, 2.45) is 0 Å². The van der Waals surface area contributed by atoms with Crippen molar-refractivity contribution in [1.82, 2.24) is 10.6 Å². The topological polar surface area (TPSA) is 114 Å². The molecule has 0 bridgehead atoms. The number of hydrogen-bond donors (Lipinski definition) is 3. The number of rotatable bonds is 9. The minimum absolute atomic E-state index is 0.0172. The molecule has 34 heavy (non-hydrogen) atoms. The van der Waals surface area contributed by atoms with Gasteiger partial charge in [0.1, 0.15) is 6.61 Å².